The van der Waals surface area contributed by atoms with Gasteiger partial charge >= 0.3 is 0 Å². The second-order valence-electron chi connectivity index (χ2n) is 8.81. The average molecular weight is 455 g/mol. The molecule has 172 valence electrons. The lowest BCUT2D eigenvalue weighted by Crippen LogP contribution is -2.53. The fourth-order valence-electron chi connectivity index (χ4n) is 4.10. The van der Waals surface area contributed by atoms with Crippen LogP contribution in [0.4, 0.5) is 8.78 Å². The van der Waals surface area contributed by atoms with Gasteiger partial charge in [0.1, 0.15) is 17.5 Å². The number of nitrogens with one attached hydrogen (secondary N) is 2. The molecule has 2 N–H and O–H groups in total. The number of likely N-dealkylation sites (tertiary alicyclic amines) is 1. The molecule has 1 aliphatic heterocycles. The van der Waals surface area contributed by atoms with E-state index in [4.69, 9.17) is 4.74 Å². The fourth-order valence-corrected chi connectivity index (χ4v) is 4.10. The summed E-state index contributed by atoms with van der Waals surface area (Å²) in [5, 5.41) is 2.56. The molecule has 1 amide bonds. The Labute approximate surface area is 188 Å². The third-order valence-electron chi connectivity index (χ3n) is 5.96. The lowest BCUT2D eigenvalue weighted by Gasteiger charge is -2.38. The lowest BCUT2D eigenvalue weighted by atomic mass is 9.88. The molecule has 1 aliphatic carbocycles. The van der Waals surface area contributed by atoms with E-state index in [2.05, 4.69) is 25.2 Å². The van der Waals surface area contributed by atoms with Crippen LogP contribution in [0.25, 0.3) is 11.0 Å². The molecule has 1 saturated heterocycles. The van der Waals surface area contributed by atoms with Gasteiger partial charge in [0.25, 0.3) is 17.4 Å². The van der Waals surface area contributed by atoms with Crippen molar-refractivity contribution >= 4 is 16.9 Å². The number of hydrogen-bond donors (Lipinski definition) is 2. The number of pyridine rings is 3. The molecule has 0 bridgehead atoms. The summed E-state index contributed by atoms with van der Waals surface area (Å²) in [6.07, 6.45) is 2.63. The number of aromatic amines is 1. The van der Waals surface area contributed by atoms with Gasteiger partial charge in [-0.3, -0.25) is 19.5 Å². The molecule has 3 aromatic rings. The van der Waals surface area contributed by atoms with E-state index >= 15 is 0 Å². The van der Waals surface area contributed by atoms with Gasteiger partial charge in [-0.05, 0) is 36.8 Å². The SMILES string of the molecule is Cc1cc2ncc(CN3CC(Oc4ccc(C(=O)NC5CC(F)(F)C5)nc4)C3)cc2[nH]c1=O. The number of rotatable bonds is 6. The maximum absolute atomic E-state index is 12.9. The predicted octanol–water partition coefficient (Wildman–Crippen LogP) is 2.42. The largest absolute Gasteiger partial charge is 0.486 e. The van der Waals surface area contributed by atoms with E-state index < -0.39 is 17.9 Å². The van der Waals surface area contributed by atoms with Crippen molar-refractivity contribution < 1.29 is 18.3 Å². The van der Waals surface area contributed by atoms with E-state index in [9.17, 15) is 18.4 Å². The quantitative estimate of drug-likeness (QED) is 0.592. The molecule has 33 heavy (non-hydrogen) atoms. The molecule has 2 fully saturated rings. The van der Waals surface area contributed by atoms with Crippen LogP contribution >= 0.6 is 0 Å². The number of fused-ring (bicyclic) bond motifs is 1. The van der Waals surface area contributed by atoms with Crippen LogP contribution in [0.1, 0.15) is 34.5 Å². The molecule has 8 nitrogen and oxygen atoms in total. The third kappa shape index (κ3) is 4.70. The van der Waals surface area contributed by atoms with E-state index in [1.54, 1.807) is 19.1 Å². The van der Waals surface area contributed by atoms with Gasteiger partial charge in [-0.15, -0.1) is 0 Å². The maximum Gasteiger partial charge on any atom is 0.270 e. The number of carbonyl (C=O) groups excluding carboxylic acids is 1. The Morgan fingerprint density at radius 3 is 2.73 bits per heavy atom. The van der Waals surface area contributed by atoms with Crippen LogP contribution in [0, 0.1) is 6.92 Å². The summed E-state index contributed by atoms with van der Waals surface area (Å²) >= 11 is 0. The first-order valence-electron chi connectivity index (χ1n) is 10.8. The molecule has 5 rings (SSSR count). The molecule has 0 radical (unpaired) electrons. The number of alkyl halides is 2. The normalized spacial score (nSPS) is 18.5. The Kier molecular flexibility index (Phi) is 5.32. The Morgan fingerprint density at radius 1 is 1.24 bits per heavy atom. The van der Waals surface area contributed by atoms with E-state index in [0.717, 1.165) is 29.7 Å². The Morgan fingerprint density at radius 2 is 2.03 bits per heavy atom. The van der Waals surface area contributed by atoms with Gasteiger partial charge in [-0.2, -0.15) is 0 Å². The highest BCUT2D eigenvalue weighted by Gasteiger charge is 2.46. The second-order valence-corrected chi connectivity index (χ2v) is 8.81. The minimum Gasteiger partial charge on any atom is -0.486 e. The lowest BCUT2D eigenvalue weighted by molar-refractivity contribution is -0.0901. The molecule has 3 aromatic heterocycles. The Hall–Kier alpha value is -3.40. The number of carbonyl (C=O) groups is 1. The van der Waals surface area contributed by atoms with Crippen molar-refractivity contribution in [3.8, 4) is 5.75 Å². The van der Waals surface area contributed by atoms with Gasteiger partial charge in [0.05, 0.1) is 17.2 Å². The van der Waals surface area contributed by atoms with Gasteiger partial charge in [0, 0.05) is 50.3 Å². The van der Waals surface area contributed by atoms with Gasteiger partial charge in [0.2, 0.25) is 0 Å². The zero-order chi connectivity index (χ0) is 23.2. The number of ether oxygens (including phenoxy) is 1. The van der Waals surface area contributed by atoms with Gasteiger partial charge in [0.15, 0.2) is 0 Å². The molecule has 1 saturated carbocycles. The van der Waals surface area contributed by atoms with Gasteiger partial charge < -0.3 is 15.0 Å². The van der Waals surface area contributed by atoms with Gasteiger partial charge in [-0.1, -0.05) is 0 Å². The van der Waals surface area contributed by atoms with Crippen molar-refractivity contribution in [2.75, 3.05) is 13.1 Å². The summed E-state index contributed by atoms with van der Waals surface area (Å²) < 4.78 is 31.7. The molecular weight excluding hydrogens is 432 g/mol. The van der Waals surface area contributed by atoms with Crippen molar-refractivity contribution in [3.05, 3.63) is 63.8 Å². The van der Waals surface area contributed by atoms with Crippen molar-refractivity contribution in [2.24, 2.45) is 0 Å². The summed E-state index contributed by atoms with van der Waals surface area (Å²) in [6.45, 7) is 3.89. The average Bonchev–Trinajstić information content (AvgIpc) is 2.72. The minimum absolute atomic E-state index is 0.000411. The highest BCUT2D eigenvalue weighted by atomic mass is 19.3. The van der Waals surface area contributed by atoms with Crippen molar-refractivity contribution in [1.82, 2.24) is 25.2 Å². The monoisotopic (exact) mass is 455 g/mol. The standard InChI is InChI=1S/C23H23F2N5O3/c1-13-4-19-20(29-21(13)31)5-14(8-26-19)10-30-11-17(12-30)33-16-2-3-18(27-9-16)22(32)28-15-6-23(24,25)7-15/h2-5,8-9,15,17H,6-7,10-12H2,1H3,(H,28,32)(H,29,31). The van der Waals surface area contributed by atoms with Crippen molar-refractivity contribution in [2.45, 2.75) is 44.4 Å². The van der Waals surface area contributed by atoms with E-state index in [1.165, 1.54) is 12.3 Å². The van der Waals surface area contributed by atoms with Crippen LogP contribution in [-0.2, 0) is 6.54 Å². The molecule has 0 aromatic carbocycles. The molecule has 10 heteroatoms. The predicted molar refractivity (Wildman–Crippen MR) is 116 cm³/mol. The van der Waals surface area contributed by atoms with Crippen LogP contribution in [0.5, 0.6) is 5.75 Å². The third-order valence-corrected chi connectivity index (χ3v) is 5.96. The number of nitrogens with zero attached hydrogens (tertiary/aromatic N) is 3. The molecule has 4 heterocycles. The Balaban J connectivity index is 1.10. The van der Waals surface area contributed by atoms with Crippen molar-refractivity contribution in [3.63, 3.8) is 0 Å². The van der Waals surface area contributed by atoms with E-state index in [1.807, 2.05) is 12.3 Å². The molecule has 0 atom stereocenters. The van der Waals surface area contributed by atoms with Crippen LogP contribution in [0.2, 0.25) is 0 Å². The number of aryl methyl sites for hydroxylation is 1. The summed E-state index contributed by atoms with van der Waals surface area (Å²) in [7, 11) is 0. The molecular formula is C23H23F2N5O3. The highest BCUT2D eigenvalue weighted by Crippen LogP contribution is 2.37. The van der Waals surface area contributed by atoms with Crippen LogP contribution in [0.3, 0.4) is 0 Å². The summed E-state index contributed by atoms with van der Waals surface area (Å²) in [4.78, 5) is 37.5. The van der Waals surface area contributed by atoms with Gasteiger partial charge in [-0.25, -0.2) is 13.8 Å². The van der Waals surface area contributed by atoms with E-state index in [0.29, 0.717) is 17.9 Å². The smallest absolute Gasteiger partial charge is 0.270 e. The second kappa shape index (κ2) is 8.18. The van der Waals surface area contributed by atoms with Crippen LogP contribution < -0.4 is 15.6 Å². The molecule has 0 unspecified atom stereocenters. The first-order chi connectivity index (χ1) is 15.7. The fraction of sp³-hybridized carbons (Fsp3) is 0.391. The number of hydrogen-bond acceptors (Lipinski definition) is 6. The first-order valence-corrected chi connectivity index (χ1v) is 10.8. The van der Waals surface area contributed by atoms with Crippen LogP contribution in [0.15, 0.2) is 41.5 Å². The minimum atomic E-state index is -2.68. The highest BCUT2D eigenvalue weighted by molar-refractivity contribution is 5.92. The van der Waals surface area contributed by atoms with Crippen molar-refractivity contribution in [1.29, 1.82) is 0 Å². The van der Waals surface area contributed by atoms with E-state index in [-0.39, 0.29) is 30.2 Å². The number of halogens is 2. The molecule has 0 spiro atoms. The number of amides is 1. The Bertz CT molecular complexity index is 1250. The maximum atomic E-state index is 12.9. The summed E-state index contributed by atoms with van der Waals surface area (Å²) in [5.74, 6) is -2.59. The zero-order valence-corrected chi connectivity index (χ0v) is 18.0. The molecule has 2 aliphatic rings. The zero-order valence-electron chi connectivity index (χ0n) is 18.0. The van der Waals surface area contributed by atoms with Crippen LogP contribution in [-0.4, -0.2) is 56.9 Å². The summed E-state index contributed by atoms with van der Waals surface area (Å²) in [6, 6.07) is 6.40. The number of aromatic nitrogens is 3. The summed E-state index contributed by atoms with van der Waals surface area (Å²) in [5.41, 5.74) is 3.18. The number of H-pyrrole nitrogens is 1. The topological polar surface area (TPSA) is 100 Å². The first kappa shape index (κ1) is 21.4.